The van der Waals surface area contributed by atoms with Crippen LogP contribution in [-0.4, -0.2) is 36.4 Å². The largest absolute Gasteiger partial charge is 0.462 e. The van der Waals surface area contributed by atoms with Crippen molar-refractivity contribution in [3.05, 3.63) is 0 Å². The van der Waals surface area contributed by atoms with Gasteiger partial charge < -0.3 is 14.6 Å². The summed E-state index contributed by atoms with van der Waals surface area (Å²) < 4.78 is 9.30. The summed E-state index contributed by atoms with van der Waals surface area (Å²) in [5.41, 5.74) is 0. The fourth-order valence-electron chi connectivity index (χ4n) is 0.647. The van der Waals surface area contributed by atoms with Crippen LogP contribution in [0.2, 0.25) is 0 Å². The Labute approximate surface area is 76.6 Å². The van der Waals surface area contributed by atoms with E-state index in [0.717, 1.165) is 0 Å². The van der Waals surface area contributed by atoms with Gasteiger partial charge in [-0.2, -0.15) is 0 Å². The zero-order chi connectivity index (χ0) is 10.3. The normalized spacial score (nSPS) is 11.9. The van der Waals surface area contributed by atoms with Gasteiger partial charge >= 0.3 is 11.9 Å². The molecule has 0 aliphatic carbocycles. The highest BCUT2D eigenvalue weighted by atomic mass is 16.6. The molecular formula is C8H14O5. The minimum absolute atomic E-state index is 0.0945. The maximum absolute atomic E-state index is 10.7. The average Bonchev–Trinajstić information content (AvgIpc) is 2.10. The lowest BCUT2D eigenvalue weighted by Gasteiger charge is -2.13. The highest BCUT2D eigenvalue weighted by Gasteiger charge is 2.12. The summed E-state index contributed by atoms with van der Waals surface area (Å²) in [6.45, 7) is 2.44. The Morgan fingerprint density at radius 1 is 1.46 bits per heavy atom. The van der Waals surface area contributed by atoms with Crippen LogP contribution in [0.5, 0.6) is 0 Å². The van der Waals surface area contributed by atoms with Gasteiger partial charge in [-0.1, -0.05) is 6.92 Å². The lowest BCUT2D eigenvalue weighted by Crippen LogP contribution is -2.27. The molecule has 13 heavy (non-hydrogen) atoms. The molecule has 1 N–H and O–H groups in total. The van der Waals surface area contributed by atoms with Crippen molar-refractivity contribution >= 4 is 11.9 Å². The van der Waals surface area contributed by atoms with Gasteiger partial charge in [-0.3, -0.25) is 9.59 Å². The van der Waals surface area contributed by atoms with E-state index in [1.165, 1.54) is 6.92 Å². The van der Waals surface area contributed by atoms with Crippen molar-refractivity contribution in [2.24, 2.45) is 0 Å². The van der Waals surface area contributed by atoms with E-state index in [4.69, 9.17) is 5.11 Å². The first kappa shape index (κ1) is 11.9. The van der Waals surface area contributed by atoms with Gasteiger partial charge in [-0.15, -0.1) is 0 Å². The number of ether oxygens (including phenoxy) is 2. The smallest absolute Gasteiger partial charge is 0.305 e. The first-order valence-electron chi connectivity index (χ1n) is 4.03. The van der Waals surface area contributed by atoms with Crippen LogP contribution < -0.4 is 0 Å². The molecule has 0 aliphatic heterocycles. The van der Waals surface area contributed by atoms with Gasteiger partial charge in [0.2, 0.25) is 0 Å². The number of rotatable bonds is 5. The molecule has 0 saturated heterocycles. The summed E-state index contributed by atoms with van der Waals surface area (Å²) in [5.74, 6) is -0.891. The van der Waals surface area contributed by atoms with E-state index in [-0.39, 0.29) is 25.6 Å². The Morgan fingerprint density at radius 2 is 2.08 bits per heavy atom. The van der Waals surface area contributed by atoms with Crippen LogP contribution in [0, 0.1) is 0 Å². The van der Waals surface area contributed by atoms with Crippen molar-refractivity contribution < 1.29 is 24.2 Å². The molecule has 0 aromatic rings. The van der Waals surface area contributed by atoms with Gasteiger partial charge in [-0.05, 0) is 0 Å². The van der Waals surface area contributed by atoms with Gasteiger partial charge in [0.15, 0.2) is 6.10 Å². The van der Waals surface area contributed by atoms with Crippen molar-refractivity contribution in [2.45, 2.75) is 26.4 Å². The Kier molecular flexibility index (Phi) is 5.88. The molecule has 0 aliphatic rings. The van der Waals surface area contributed by atoms with E-state index < -0.39 is 12.1 Å². The molecule has 1 atom stereocenters. The highest BCUT2D eigenvalue weighted by Crippen LogP contribution is 1.95. The number of hydrogen-bond acceptors (Lipinski definition) is 5. The summed E-state index contributed by atoms with van der Waals surface area (Å²) in [4.78, 5) is 21.1. The predicted octanol–water partition coefficient (Wildman–Crippen LogP) is -0.136. The van der Waals surface area contributed by atoms with Crippen LogP contribution in [0.3, 0.4) is 0 Å². The topological polar surface area (TPSA) is 72.8 Å². The van der Waals surface area contributed by atoms with Gasteiger partial charge in [-0.25, -0.2) is 0 Å². The summed E-state index contributed by atoms with van der Waals surface area (Å²) >= 11 is 0. The molecule has 1 unspecified atom stereocenters. The number of esters is 2. The fourth-order valence-corrected chi connectivity index (χ4v) is 0.647. The second-order valence-electron chi connectivity index (χ2n) is 2.45. The fraction of sp³-hybridized carbons (Fsp3) is 0.750. The summed E-state index contributed by atoms with van der Waals surface area (Å²) in [6.07, 6.45) is -0.494. The minimum atomic E-state index is -0.756. The maximum atomic E-state index is 10.7. The number of aliphatic hydroxyl groups excluding tert-OH is 1. The monoisotopic (exact) mass is 190 g/mol. The molecule has 0 aromatic carbocycles. The maximum Gasteiger partial charge on any atom is 0.305 e. The third kappa shape index (κ3) is 6.10. The molecule has 0 fully saturated rings. The van der Waals surface area contributed by atoms with E-state index in [1.54, 1.807) is 6.92 Å². The van der Waals surface area contributed by atoms with Gasteiger partial charge in [0.1, 0.15) is 6.61 Å². The van der Waals surface area contributed by atoms with Gasteiger partial charge in [0, 0.05) is 13.3 Å². The average molecular weight is 190 g/mol. The molecule has 0 spiro atoms. The lowest BCUT2D eigenvalue weighted by molar-refractivity contribution is -0.159. The lowest BCUT2D eigenvalue weighted by atomic mass is 10.4. The minimum Gasteiger partial charge on any atom is -0.462 e. The van der Waals surface area contributed by atoms with E-state index in [9.17, 15) is 9.59 Å². The summed E-state index contributed by atoms with van der Waals surface area (Å²) in [6, 6.07) is 0. The van der Waals surface area contributed by atoms with Crippen LogP contribution in [-0.2, 0) is 19.1 Å². The first-order valence-corrected chi connectivity index (χ1v) is 4.03. The van der Waals surface area contributed by atoms with Crippen LogP contribution >= 0.6 is 0 Å². The third-order valence-corrected chi connectivity index (χ3v) is 1.26. The highest BCUT2D eigenvalue weighted by molar-refractivity contribution is 5.69. The molecular weight excluding hydrogens is 176 g/mol. The Hall–Kier alpha value is -1.10. The summed E-state index contributed by atoms with van der Waals surface area (Å²) in [7, 11) is 0. The Balaban J connectivity index is 3.71. The molecule has 0 radical (unpaired) electrons. The van der Waals surface area contributed by atoms with E-state index in [1.807, 2.05) is 0 Å². The second kappa shape index (κ2) is 6.42. The molecule has 0 aromatic heterocycles. The van der Waals surface area contributed by atoms with Gasteiger partial charge in [0.25, 0.3) is 0 Å². The molecule has 0 amide bonds. The van der Waals surface area contributed by atoms with Crippen LogP contribution in [0.15, 0.2) is 0 Å². The third-order valence-electron chi connectivity index (χ3n) is 1.26. The van der Waals surface area contributed by atoms with Crippen molar-refractivity contribution in [3.63, 3.8) is 0 Å². The molecule has 0 heterocycles. The van der Waals surface area contributed by atoms with Crippen molar-refractivity contribution in [1.29, 1.82) is 0 Å². The number of carbonyl (C=O) groups excluding carboxylic acids is 2. The van der Waals surface area contributed by atoms with Gasteiger partial charge in [0.05, 0.1) is 6.61 Å². The molecule has 0 saturated carbocycles. The number of carbonyl (C=O) groups is 2. The summed E-state index contributed by atoms with van der Waals surface area (Å²) in [5, 5.41) is 8.69. The van der Waals surface area contributed by atoms with E-state index >= 15 is 0 Å². The molecule has 5 heteroatoms. The Bertz CT molecular complexity index is 177. The van der Waals surface area contributed by atoms with E-state index in [2.05, 4.69) is 9.47 Å². The number of hydrogen-bond donors (Lipinski definition) is 1. The van der Waals surface area contributed by atoms with Crippen LogP contribution in [0.25, 0.3) is 0 Å². The van der Waals surface area contributed by atoms with E-state index in [0.29, 0.717) is 0 Å². The Morgan fingerprint density at radius 3 is 2.46 bits per heavy atom. The molecule has 0 bridgehead atoms. The predicted molar refractivity (Wildman–Crippen MR) is 43.9 cm³/mol. The standard InChI is InChI=1S/C8H14O5/c1-3-8(11)12-5-7(4-9)13-6(2)10/h7,9H,3-5H2,1-2H3. The van der Waals surface area contributed by atoms with Crippen molar-refractivity contribution in [2.75, 3.05) is 13.2 Å². The molecule has 76 valence electrons. The quantitative estimate of drug-likeness (QED) is 0.611. The zero-order valence-corrected chi connectivity index (χ0v) is 7.78. The second-order valence-corrected chi connectivity index (χ2v) is 2.45. The van der Waals surface area contributed by atoms with Crippen LogP contribution in [0.1, 0.15) is 20.3 Å². The van der Waals surface area contributed by atoms with Crippen molar-refractivity contribution in [1.82, 2.24) is 0 Å². The van der Waals surface area contributed by atoms with Crippen LogP contribution in [0.4, 0.5) is 0 Å². The molecule has 5 nitrogen and oxygen atoms in total. The van der Waals surface area contributed by atoms with Crippen molar-refractivity contribution in [3.8, 4) is 0 Å². The zero-order valence-electron chi connectivity index (χ0n) is 7.78. The molecule has 0 rings (SSSR count). The number of aliphatic hydroxyl groups is 1. The first-order chi connectivity index (χ1) is 6.10. The SMILES string of the molecule is CCC(=O)OCC(CO)OC(C)=O.